The molecule has 2 amide bonds. The lowest BCUT2D eigenvalue weighted by Gasteiger charge is -2.06. The van der Waals surface area contributed by atoms with Gasteiger partial charge in [-0.15, -0.1) is 0 Å². The van der Waals surface area contributed by atoms with Gasteiger partial charge in [-0.05, 0) is 31.5 Å². The van der Waals surface area contributed by atoms with Crippen LogP contribution in [0, 0.1) is 6.92 Å². The number of fused-ring (bicyclic) bond motifs is 1. The molecule has 3 rings (SSSR count). The van der Waals surface area contributed by atoms with Crippen LogP contribution in [0.25, 0.3) is 11.0 Å². The summed E-state index contributed by atoms with van der Waals surface area (Å²) in [5.74, 6) is -0.155. The van der Waals surface area contributed by atoms with Gasteiger partial charge in [-0.25, -0.2) is 4.98 Å². The molecule has 0 spiro atoms. The van der Waals surface area contributed by atoms with Crippen LogP contribution in [0.2, 0.25) is 0 Å². The van der Waals surface area contributed by atoms with Crippen molar-refractivity contribution in [2.75, 3.05) is 11.9 Å². The number of aromatic nitrogens is 3. The lowest BCUT2D eigenvalue weighted by Crippen LogP contribution is -2.25. The van der Waals surface area contributed by atoms with E-state index in [1.807, 2.05) is 20.0 Å². The minimum Gasteiger partial charge on any atom is -0.459 e. The molecule has 0 atom stereocenters. The first-order valence-corrected chi connectivity index (χ1v) is 7.95. The largest absolute Gasteiger partial charge is 0.459 e. The number of hydrogen-bond acceptors (Lipinski definition) is 5. The Bertz CT molecular complexity index is 899. The third-order valence-corrected chi connectivity index (χ3v) is 3.76. The van der Waals surface area contributed by atoms with E-state index < -0.39 is 0 Å². The number of nitrogens with zero attached hydrogens (tertiary/aromatic N) is 3. The van der Waals surface area contributed by atoms with Crippen LogP contribution < -0.4 is 10.6 Å². The van der Waals surface area contributed by atoms with E-state index in [1.165, 1.54) is 6.26 Å². The molecule has 25 heavy (non-hydrogen) atoms. The Morgan fingerprint density at radius 3 is 2.96 bits per heavy atom. The predicted molar refractivity (Wildman–Crippen MR) is 92.2 cm³/mol. The second kappa shape index (κ2) is 7.16. The molecule has 3 heterocycles. The molecule has 0 fully saturated rings. The quantitative estimate of drug-likeness (QED) is 0.668. The number of rotatable bonds is 6. The number of furan rings is 1. The standard InChI is InChI=1S/C17H19N5O3/c1-11-13-9-12(10-19-16(13)22(2)21-11)20-15(23)6-3-7-18-17(24)14-5-4-8-25-14/h4-5,8-10H,3,6-7H2,1-2H3,(H,18,24)(H,20,23). The molecule has 2 N–H and O–H groups in total. The van der Waals surface area contributed by atoms with Crippen molar-refractivity contribution in [3.8, 4) is 0 Å². The van der Waals surface area contributed by atoms with Gasteiger partial charge in [0.2, 0.25) is 5.91 Å². The van der Waals surface area contributed by atoms with Gasteiger partial charge in [0.05, 0.1) is 23.8 Å². The molecule has 130 valence electrons. The summed E-state index contributed by atoms with van der Waals surface area (Å²) in [6.45, 7) is 2.29. The summed E-state index contributed by atoms with van der Waals surface area (Å²) >= 11 is 0. The summed E-state index contributed by atoms with van der Waals surface area (Å²) < 4.78 is 6.70. The lowest BCUT2D eigenvalue weighted by molar-refractivity contribution is -0.116. The van der Waals surface area contributed by atoms with Crippen LogP contribution in [0.1, 0.15) is 29.1 Å². The zero-order chi connectivity index (χ0) is 17.8. The van der Waals surface area contributed by atoms with Crippen LogP contribution in [-0.2, 0) is 11.8 Å². The highest BCUT2D eigenvalue weighted by Crippen LogP contribution is 2.19. The molecule has 0 aliphatic heterocycles. The first-order valence-electron chi connectivity index (χ1n) is 7.95. The number of amides is 2. The van der Waals surface area contributed by atoms with E-state index in [0.717, 1.165) is 16.7 Å². The fourth-order valence-corrected chi connectivity index (χ4v) is 2.55. The summed E-state index contributed by atoms with van der Waals surface area (Å²) in [5.41, 5.74) is 2.27. The Hall–Kier alpha value is -3.16. The van der Waals surface area contributed by atoms with Crippen molar-refractivity contribution in [3.05, 3.63) is 42.1 Å². The number of pyridine rings is 1. The summed E-state index contributed by atoms with van der Waals surface area (Å²) in [6, 6.07) is 5.10. The average molecular weight is 341 g/mol. The molecule has 0 saturated heterocycles. The van der Waals surface area contributed by atoms with Crippen LogP contribution >= 0.6 is 0 Å². The SMILES string of the molecule is Cc1nn(C)c2ncc(NC(=O)CCCNC(=O)c3ccco3)cc12. The molecule has 3 aromatic heterocycles. The summed E-state index contributed by atoms with van der Waals surface area (Å²) in [5, 5.41) is 10.7. The molecular formula is C17H19N5O3. The number of anilines is 1. The van der Waals surface area contributed by atoms with Gasteiger partial charge in [0, 0.05) is 25.4 Å². The molecule has 0 aliphatic rings. The second-order valence-electron chi connectivity index (χ2n) is 5.69. The van der Waals surface area contributed by atoms with Gasteiger partial charge >= 0.3 is 0 Å². The maximum atomic E-state index is 12.0. The maximum absolute atomic E-state index is 12.0. The van der Waals surface area contributed by atoms with E-state index in [2.05, 4.69) is 20.7 Å². The smallest absolute Gasteiger partial charge is 0.286 e. The van der Waals surface area contributed by atoms with Gasteiger partial charge in [-0.1, -0.05) is 0 Å². The molecule has 0 saturated carbocycles. The van der Waals surface area contributed by atoms with Gasteiger partial charge in [0.15, 0.2) is 11.4 Å². The van der Waals surface area contributed by atoms with Crippen LogP contribution in [0.5, 0.6) is 0 Å². The first kappa shape index (κ1) is 16.7. The molecule has 0 unspecified atom stereocenters. The Morgan fingerprint density at radius 1 is 1.36 bits per heavy atom. The fraction of sp³-hybridized carbons (Fsp3) is 0.294. The van der Waals surface area contributed by atoms with Crippen molar-refractivity contribution in [1.29, 1.82) is 0 Å². The zero-order valence-corrected chi connectivity index (χ0v) is 14.1. The number of hydrogen-bond donors (Lipinski definition) is 2. The first-order chi connectivity index (χ1) is 12.0. The fourth-order valence-electron chi connectivity index (χ4n) is 2.55. The number of carbonyl (C=O) groups excluding carboxylic acids is 2. The van der Waals surface area contributed by atoms with Gasteiger partial charge in [0.25, 0.3) is 5.91 Å². The molecule has 0 aliphatic carbocycles. The molecule has 8 heteroatoms. The molecule has 0 bridgehead atoms. The van der Waals surface area contributed by atoms with E-state index in [9.17, 15) is 9.59 Å². The normalized spacial score (nSPS) is 10.8. The van der Waals surface area contributed by atoms with Crippen molar-refractivity contribution in [1.82, 2.24) is 20.1 Å². The predicted octanol–water partition coefficient (Wildman–Crippen LogP) is 2.02. The van der Waals surface area contributed by atoms with Crippen molar-refractivity contribution in [2.45, 2.75) is 19.8 Å². The highest BCUT2D eigenvalue weighted by atomic mass is 16.3. The zero-order valence-electron chi connectivity index (χ0n) is 14.1. The Kier molecular flexibility index (Phi) is 4.78. The molecule has 0 radical (unpaired) electrons. The molecule has 0 aromatic carbocycles. The van der Waals surface area contributed by atoms with Gasteiger partial charge in [0.1, 0.15) is 0 Å². The Balaban J connectivity index is 1.48. The number of nitrogens with one attached hydrogen (secondary N) is 2. The minimum atomic E-state index is -0.285. The highest BCUT2D eigenvalue weighted by molar-refractivity contribution is 5.93. The van der Waals surface area contributed by atoms with Crippen molar-refractivity contribution in [3.63, 3.8) is 0 Å². The third kappa shape index (κ3) is 3.85. The number of aryl methyl sites for hydroxylation is 2. The van der Waals surface area contributed by atoms with Crippen molar-refractivity contribution < 1.29 is 14.0 Å². The van der Waals surface area contributed by atoms with E-state index in [1.54, 1.807) is 23.0 Å². The lowest BCUT2D eigenvalue weighted by atomic mass is 10.2. The van der Waals surface area contributed by atoms with Gasteiger partial charge in [-0.3, -0.25) is 14.3 Å². The van der Waals surface area contributed by atoms with Gasteiger partial charge in [-0.2, -0.15) is 5.10 Å². The van der Waals surface area contributed by atoms with E-state index in [0.29, 0.717) is 25.1 Å². The molecule has 3 aromatic rings. The average Bonchev–Trinajstić information content (AvgIpc) is 3.21. The van der Waals surface area contributed by atoms with E-state index >= 15 is 0 Å². The molecule has 8 nitrogen and oxygen atoms in total. The Labute approximate surface area is 144 Å². The minimum absolute atomic E-state index is 0.130. The maximum Gasteiger partial charge on any atom is 0.286 e. The highest BCUT2D eigenvalue weighted by Gasteiger charge is 2.10. The Morgan fingerprint density at radius 2 is 2.20 bits per heavy atom. The summed E-state index contributed by atoms with van der Waals surface area (Å²) in [7, 11) is 1.83. The van der Waals surface area contributed by atoms with E-state index in [-0.39, 0.29) is 17.6 Å². The van der Waals surface area contributed by atoms with Crippen molar-refractivity contribution in [2.24, 2.45) is 7.05 Å². The molecular weight excluding hydrogens is 322 g/mol. The topological polar surface area (TPSA) is 102 Å². The van der Waals surface area contributed by atoms with Crippen LogP contribution in [-0.4, -0.2) is 33.1 Å². The second-order valence-corrected chi connectivity index (χ2v) is 5.69. The van der Waals surface area contributed by atoms with E-state index in [4.69, 9.17) is 4.42 Å². The van der Waals surface area contributed by atoms with Crippen LogP contribution in [0.3, 0.4) is 0 Å². The van der Waals surface area contributed by atoms with Crippen LogP contribution in [0.4, 0.5) is 5.69 Å². The third-order valence-electron chi connectivity index (χ3n) is 3.76. The van der Waals surface area contributed by atoms with Crippen LogP contribution in [0.15, 0.2) is 35.1 Å². The monoisotopic (exact) mass is 341 g/mol. The summed E-state index contributed by atoms with van der Waals surface area (Å²) in [4.78, 5) is 28.0. The van der Waals surface area contributed by atoms with Gasteiger partial charge < -0.3 is 15.1 Å². The number of carbonyl (C=O) groups is 2. The summed E-state index contributed by atoms with van der Waals surface area (Å²) in [6.07, 6.45) is 3.87. The van der Waals surface area contributed by atoms with Crippen molar-refractivity contribution >= 4 is 28.5 Å².